The van der Waals surface area contributed by atoms with E-state index >= 15 is 0 Å². The molecule has 0 fully saturated rings. The lowest BCUT2D eigenvalue weighted by Crippen LogP contribution is -2.51. The van der Waals surface area contributed by atoms with E-state index in [4.69, 9.17) is 15.6 Å². The Morgan fingerprint density at radius 3 is 2.46 bits per heavy atom. The number of fused-ring (bicyclic) bond motifs is 3. The molecule has 0 aliphatic carbocycles. The molecule has 1 amide bonds. The van der Waals surface area contributed by atoms with Crippen molar-refractivity contribution in [1.82, 2.24) is 4.98 Å². The molecule has 142 valence electrons. The summed E-state index contributed by atoms with van der Waals surface area (Å²) >= 11 is 0. The van der Waals surface area contributed by atoms with Gasteiger partial charge in [0.05, 0.1) is 12.1 Å². The van der Waals surface area contributed by atoms with Gasteiger partial charge in [-0.05, 0) is 49.4 Å². The van der Waals surface area contributed by atoms with Gasteiger partial charge in [-0.2, -0.15) is 0 Å². The first kappa shape index (κ1) is 18.0. The van der Waals surface area contributed by atoms with Gasteiger partial charge < -0.3 is 25.9 Å². The van der Waals surface area contributed by atoms with Crippen LogP contribution in [0.3, 0.4) is 0 Å². The first-order chi connectivity index (χ1) is 13.5. The van der Waals surface area contributed by atoms with Crippen LogP contribution in [-0.4, -0.2) is 28.1 Å². The molecule has 4 rings (SSSR count). The zero-order chi connectivity index (χ0) is 19.7. The molecule has 28 heavy (non-hydrogen) atoms. The summed E-state index contributed by atoms with van der Waals surface area (Å²) in [6, 6.07) is 21.1. The Balaban J connectivity index is 1.51. The van der Waals surface area contributed by atoms with Crippen molar-refractivity contribution in [3.05, 3.63) is 66.7 Å². The Morgan fingerprint density at radius 1 is 1.04 bits per heavy atom. The molecule has 0 saturated heterocycles. The van der Waals surface area contributed by atoms with Gasteiger partial charge in [0, 0.05) is 28.0 Å². The second-order valence-corrected chi connectivity index (χ2v) is 7.03. The lowest BCUT2D eigenvalue weighted by Gasteiger charge is -2.20. The van der Waals surface area contributed by atoms with Gasteiger partial charge in [-0.1, -0.05) is 18.2 Å². The highest BCUT2D eigenvalue weighted by molar-refractivity contribution is 6.07. The highest BCUT2D eigenvalue weighted by Crippen LogP contribution is 2.30. The van der Waals surface area contributed by atoms with Crippen LogP contribution in [0.4, 0.5) is 5.69 Å². The number of carbonyl (C=O) groups is 1. The maximum atomic E-state index is 12.0. The summed E-state index contributed by atoms with van der Waals surface area (Å²) in [5.41, 5.74) is 7.07. The quantitative estimate of drug-likeness (QED) is 0.427. The predicted octanol–water partition coefficient (Wildman–Crippen LogP) is 3.76. The van der Waals surface area contributed by atoms with Crippen molar-refractivity contribution in [2.75, 3.05) is 11.9 Å². The third-order valence-corrected chi connectivity index (χ3v) is 4.67. The Hall–Kier alpha value is -3.35. The van der Waals surface area contributed by atoms with E-state index in [0.29, 0.717) is 17.2 Å². The van der Waals surface area contributed by atoms with E-state index in [1.807, 2.05) is 36.4 Å². The molecule has 3 aromatic carbocycles. The summed E-state index contributed by atoms with van der Waals surface area (Å²) < 4.78 is 5.93. The standard InChI is InChI=1S/C22H21N3O3/c1-22(23,13-26)21(27)24-14-6-8-15(9-7-14)28-16-10-11-18-17-4-2-3-5-19(17)25-20(18)12-16/h2-12,25-26H,13,23H2,1H3,(H,24,27). The molecule has 0 saturated carbocycles. The molecule has 4 aromatic rings. The number of H-pyrrole nitrogens is 1. The number of hydrogen-bond donors (Lipinski definition) is 4. The van der Waals surface area contributed by atoms with Crippen LogP contribution >= 0.6 is 0 Å². The molecule has 0 aliphatic rings. The summed E-state index contributed by atoms with van der Waals surface area (Å²) in [6.45, 7) is 1.04. The number of amides is 1. The molecule has 6 nitrogen and oxygen atoms in total. The number of nitrogens with two attached hydrogens (primary N) is 1. The molecule has 1 heterocycles. The van der Waals surface area contributed by atoms with E-state index in [1.54, 1.807) is 24.3 Å². The molecular weight excluding hydrogens is 354 g/mol. The van der Waals surface area contributed by atoms with Gasteiger partial charge in [-0.25, -0.2) is 0 Å². The molecule has 0 radical (unpaired) electrons. The van der Waals surface area contributed by atoms with E-state index in [2.05, 4.69) is 16.4 Å². The number of carbonyl (C=O) groups excluding carboxylic acids is 1. The molecule has 1 unspecified atom stereocenters. The zero-order valence-corrected chi connectivity index (χ0v) is 15.4. The topological polar surface area (TPSA) is 100 Å². The number of aliphatic hydroxyl groups excluding tert-OH is 1. The molecule has 6 heteroatoms. The first-order valence-electron chi connectivity index (χ1n) is 8.96. The lowest BCUT2D eigenvalue weighted by atomic mass is 10.0. The third-order valence-electron chi connectivity index (χ3n) is 4.67. The number of aromatic amines is 1. The van der Waals surface area contributed by atoms with Gasteiger partial charge in [0.25, 0.3) is 0 Å². The number of aromatic nitrogens is 1. The van der Waals surface area contributed by atoms with Gasteiger partial charge in [-0.15, -0.1) is 0 Å². The fourth-order valence-electron chi connectivity index (χ4n) is 2.99. The van der Waals surface area contributed by atoms with Gasteiger partial charge in [0.1, 0.15) is 17.0 Å². The number of benzene rings is 3. The minimum atomic E-state index is -1.33. The maximum absolute atomic E-state index is 12.0. The third kappa shape index (κ3) is 3.43. The molecule has 0 spiro atoms. The number of aliphatic hydroxyl groups is 1. The van der Waals surface area contributed by atoms with Gasteiger partial charge in [0.2, 0.25) is 5.91 Å². The average Bonchev–Trinajstić information content (AvgIpc) is 3.07. The highest BCUT2D eigenvalue weighted by atomic mass is 16.5. The Labute approximate surface area is 161 Å². The van der Waals surface area contributed by atoms with Crippen molar-refractivity contribution >= 4 is 33.4 Å². The monoisotopic (exact) mass is 375 g/mol. The van der Waals surface area contributed by atoms with Gasteiger partial charge >= 0.3 is 0 Å². The van der Waals surface area contributed by atoms with E-state index in [9.17, 15) is 4.79 Å². The molecular formula is C22H21N3O3. The van der Waals surface area contributed by atoms with E-state index < -0.39 is 18.1 Å². The van der Waals surface area contributed by atoms with Crippen molar-refractivity contribution < 1.29 is 14.6 Å². The zero-order valence-electron chi connectivity index (χ0n) is 15.4. The van der Waals surface area contributed by atoms with E-state index in [1.165, 1.54) is 12.3 Å². The van der Waals surface area contributed by atoms with Crippen LogP contribution < -0.4 is 15.8 Å². The van der Waals surface area contributed by atoms with E-state index in [-0.39, 0.29) is 0 Å². The summed E-state index contributed by atoms with van der Waals surface area (Å²) in [4.78, 5) is 15.4. The van der Waals surface area contributed by atoms with Crippen LogP contribution in [0.15, 0.2) is 66.7 Å². The number of para-hydroxylation sites is 1. The van der Waals surface area contributed by atoms with Crippen LogP contribution in [0.25, 0.3) is 21.8 Å². The fourth-order valence-corrected chi connectivity index (χ4v) is 2.99. The van der Waals surface area contributed by atoms with Crippen molar-refractivity contribution in [3.8, 4) is 11.5 Å². The Kier molecular flexibility index (Phi) is 4.50. The number of nitrogens with one attached hydrogen (secondary N) is 2. The average molecular weight is 375 g/mol. The highest BCUT2D eigenvalue weighted by Gasteiger charge is 2.27. The van der Waals surface area contributed by atoms with Crippen LogP contribution in [0, 0.1) is 0 Å². The summed E-state index contributed by atoms with van der Waals surface area (Å²) in [7, 11) is 0. The number of anilines is 1. The maximum Gasteiger partial charge on any atom is 0.246 e. The van der Waals surface area contributed by atoms with Crippen molar-refractivity contribution in [3.63, 3.8) is 0 Å². The van der Waals surface area contributed by atoms with Gasteiger partial charge in [0.15, 0.2) is 0 Å². The van der Waals surface area contributed by atoms with Crippen LogP contribution in [0.1, 0.15) is 6.92 Å². The lowest BCUT2D eigenvalue weighted by molar-refractivity contribution is -0.121. The predicted molar refractivity (Wildman–Crippen MR) is 111 cm³/mol. The van der Waals surface area contributed by atoms with Crippen LogP contribution in [-0.2, 0) is 4.79 Å². The van der Waals surface area contributed by atoms with Crippen LogP contribution in [0.2, 0.25) is 0 Å². The van der Waals surface area contributed by atoms with Crippen molar-refractivity contribution in [1.29, 1.82) is 0 Å². The van der Waals surface area contributed by atoms with Crippen LogP contribution in [0.5, 0.6) is 11.5 Å². The Bertz CT molecular complexity index is 1150. The molecule has 0 aliphatic heterocycles. The Morgan fingerprint density at radius 2 is 1.71 bits per heavy atom. The van der Waals surface area contributed by atoms with Crippen molar-refractivity contribution in [2.45, 2.75) is 12.5 Å². The van der Waals surface area contributed by atoms with E-state index in [0.717, 1.165) is 16.4 Å². The minimum absolute atomic E-state index is 0.434. The normalized spacial score (nSPS) is 13.4. The molecule has 1 aromatic heterocycles. The largest absolute Gasteiger partial charge is 0.457 e. The molecule has 1 atom stereocenters. The summed E-state index contributed by atoms with van der Waals surface area (Å²) in [6.07, 6.45) is 0. The van der Waals surface area contributed by atoms with Crippen molar-refractivity contribution in [2.24, 2.45) is 5.73 Å². The molecule has 0 bridgehead atoms. The fraction of sp³-hybridized carbons (Fsp3) is 0.136. The second-order valence-electron chi connectivity index (χ2n) is 7.03. The van der Waals surface area contributed by atoms with Gasteiger partial charge in [-0.3, -0.25) is 4.79 Å². The smallest absolute Gasteiger partial charge is 0.246 e. The SMILES string of the molecule is CC(N)(CO)C(=O)Nc1ccc(Oc2ccc3c(c2)[nH]c2ccccc23)cc1. The molecule has 5 N–H and O–H groups in total. The minimum Gasteiger partial charge on any atom is -0.457 e. The number of ether oxygens (including phenoxy) is 1. The number of rotatable bonds is 5. The summed E-state index contributed by atoms with van der Waals surface area (Å²) in [5, 5.41) is 14.2. The number of hydrogen-bond acceptors (Lipinski definition) is 4. The second kappa shape index (κ2) is 6.99. The first-order valence-corrected chi connectivity index (χ1v) is 8.96. The summed E-state index contributed by atoms with van der Waals surface area (Å²) in [5.74, 6) is 0.907.